The van der Waals surface area contributed by atoms with Gasteiger partial charge in [0, 0.05) is 27.9 Å². The largest absolute Gasteiger partial charge is 0.493 e. The first-order valence-corrected chi connectivity index (χ1v) is 12.5. The summed E-state index contributed by atoms with van der Waals surface area (Å²) >= 11 is 5.81. The van der Waals surface area contributed by atoms with Gasteiger partial charge in [0.05, 0.1) is 31.5 Å². The van der Waals surface area contributed by atoms with E-state index in [1.807, 2.05) is 0 Å². The van der Waals surface area contributed by atoms with Crippen LogP contribution in [0.2, 0.25) is 5.02 Å². The van der Waals surface area contributed by atoms with Crippen molar-refractivity contribution in [3.05, 3.63) is 86.8 Å². The summed E-state index contributed by atoms with van der Waals surface area (Å²) in [6, 6.07) is 7.32. The number of ether oxygens (including phenoxy) is 3. The number of benzene rings is 3. The molecule has 0 aliphatic carbocycles. The average Bonchev–Trinajstić information content (AvgIpc) is 2.99. The highest BCUT2D eigenvalue weighted by atomic mass is 35.5. The van der Waals surface area contributed by atoms with Gasteiger partial charge in [-0.3, -0.25) is 4.79 Å². The Bertz CT molecular complexity index is 1710. The molecule has 0 atom stereocenters. The molecular formula is C26H19ClF5N7O4. The molecule has 224 valence electrons. The van der Waals surface area contributed by atoms with E-state index < -0.39 is 46.2 Å². The summed E-state index contributed by atoms with van der Waals surface area (Å²) in [6.07, 6.45) is 1.28. The maximum Gasteiger partial charge on any atom is 0.257 e. The van der Waals surface area contributed by atoms with Crippen LogP contribution in [-0.2, 0) is 4.74 Å². The minimum absolute atomic E-state index is 0.00252. The Labute approximate surface area is 244 Å². The minimum Gasteiger partial charge on any atom is -0.493 e. The Hall–Kier alpha value is -4.92. The average molecular weight is 624 g/mol. The molecule has 11 nitrogen and oxygen atoms in total. The number of rotatable bonds is 12. The molecule has 1 amide bonds. The Kier molecular flexibility index (Phi) is 9.98. The van der Waals surface area contributed by atoms with Crippen molar-refractivity contribution in [1.29, 1.82) is 0 Å². The van der Waals surface area contributed by atoms with Crippen molar-refractivity contribution in [3.8, 4) is 11.5 Å². The lowest BCUT2D eigenvalue weighted by atomic mass is 10.1. The number of anilines is 2. The van der Waals surface area contributed by atoms with Gasteiger partial charge in [-0.15, -0.1) is 0 Å². The van der Waals surface area contributed by atoms with Gasteiger partial charge in [0.2, 0.25) is 0 Å². The fourth-order valence-corrected chi connectivity index (χ4v) is 3.90. The van der Waals surface area contributed by atoms with Crippen LogP contribution in [0.15, 0.2) is 41.8 Å². The van der Waals surface area contributed by atoms with E-state index in [2.05, 4.69) is 30.6 Å². The highest BCUT2D eigenvalue weighted by Crippen LogP contribution is 2.35. The second-order valence-electron chi connectivity index (χ2n) is 8.38. The molecule has 0 saturated carbocycles. The molecule has 3 aromatic carbocycles. The van der Waals surface area contributed by atoms with Gasteiger partial charge in [0.25, 0.3) is 5.91 Å². The topological polar surface area (TPSA) is 143 Å². The second-order valence-corrected chi connectivity index (χ2v) is 8.81. The lowest BCUT2D eigenvalue weighted by Crippen LogP contribution is -2.30. The Morgan fingerprint density at radius 3 is 2.42 bits per heavy atom. The van der Waals surface area contributed by atoms with Crippen molar-refractivity contribution in [2.45, 2.75) is 0 Å². The molecule has 1 heterocycles. The number of nitrogens with one attached hydrogen (secondary N) is 2. The number of fused-ring (bicyclic) bond motifs is 1. The first-order chi connectivity index (χ1) is 20.7. The Morgan fingerprint density at radius 1 is 1.00 bits per heavy atom. The van der Waals surface area contributed by atoms with Crippen molar-refractivity contribution in [1.82, 2.24) is 15.3 Å². The standard InChI is InChI=1S/C26H19ClF5N7O4/c1-41-17-9-13-16(35-11-36-25(13)37-15-3-2-12(27)8-14(15)28)10-18(17)43-7-6-42-5-4-34-26(40)19-20(29)22(31)24(38-39-33)23(32)21(19)30/h2-3,8-11H,4-7H2,1H3,(H,34,40)(H,35,36,37). The molecule has 0 saturated heterocycles. The fraction of sp³-hybridized carbons (Fsp3) is 0.192. The summed E-state index contributed by atoms with van der Waals surface area (Å²) in [7, 11) is 1.41. The van der Waals surface area contributed by atoms with E-state index in [-0.39, 0.29) is 37.1 Å². The number of aromatic nitrogens is 2. The molecule has 2 N–H and O–H groups in total. The van der Waals surface area contributed by atoms with Crippen molar-refractivity contribution in [2.75, 3.05) is 38.8 Å². The van der Waals surface area contributed by atoms with E-state index in [9.17, 15) is 26.7 Å². The highest BCUT2D eigenvalue weighted by Gasteiger charge is 2.28. The summed E-state index contributed by atoms with van der Waals surface area (Å²) in [5.74, 6) is -9.14. The van der Waals surface area contributed by atoms with Crippen LogP contribution in [0.3, 0.4) is 0 Å². The molecule has 0 radical (unpaired) electrons. The van der Waals surface area contributed by atoms with E-state index in [1.165, 1.54) is 25.6 Å². The molecule has 1 aromatic heterocycles. The third kappa shape index (κ3) is 6.94. The van der Waals surface area contributed by atoms with Crippen molar-refractivity contribution < 1.29 is 41.0 Å². The first-order valence-electron chi connectivity index (χ1n) is 12.1. The van der Waals surface area contributed by atoms with Gasteiger partial charge >= 0.3 is 0 Å². The molecule has 4 aromatic rings. The van der Waals surface area contributed by atoms with Crippen molar-refractivity contribution in [2.24, 2.45) is 5.11 Å². The first kappa shape index (κ1) is 31.0. The predicted molar refractivity (Wildman–Crippen MR) is 145 cm³/mol. The number of hydrogen-bond acceptors (Lipinski definition) is 8. The maximum absolute atomic E-state index is 14.3. The Balaban J connectivity index is 1.32. The van der Waals surface area contributed by atoms with Crippen LogP contribution in [0, 0.1) is 29.1 Å². The molecule has 17 heteroatoms. The third-order valence-electron chi connectivity index (χ3n) is 5.73. The van der Waals surface area contributed by atoms with Gasteiger partial charge in [-0.25, -0.2) is 31.9 Å². The van der Waals surface area contributed by atoms with Crippen LogP contribution in [-0.4, -0.2) is 49.4 Å². The van der Waals surface area contributed by atoms with E-state index in [4.69, 9.17) is 31.3 Å². The van der Waals surface area contributed by atoms with Crippen LogP contribution in [0.5, 0.6) is 11.5 Å². The Morgan fingerprint density at radius 2 is 1.74 bits per heavy atom. The summed E-state index contributed by atoms with van der Waals surface area (Å²) in [4.78, 5) is 22.6. The number of halogens is 6. The molecule has 0 spiro atoms. The maximum atomic E-state index is 14.3. The van der Waals surface area contributed by atoms with E-state index >= 15 is 0 Å². The number of azide groups is 1. The van der Waals surface area contributed by atoms with Gasteiger partial charge < -0.3 is 24.8 Å². The highest BCUT2D eigenvalue weighted by molar-refractivity contribution is 6.30. The minimum atomic E-state index is -2.01. The summed E-state index contributed by atoms with van der Waals surface area (Å²) < 4.78 is 86.7. The molecule has 0 aliphatic heterocycles. The smallest absolute Gasteiger partial charge is 0.257 e. The summed E-state index contributed by atoms with van der Waals surface area (Å²) in [6.45, 7) is -0.434. The van der Waals surface area contributed by atoms with Crippen molar-refractivity contribution in [3.63, 3.8) is 0 Å². The van der Waals surface area contributed by atoms with Gasteiger partial charge in [0.15, 0.2) is 34.8 Å². The normalized spacial score (nSPS) is 10.8. The van der Waals surface area contributed by atoms with Crippen LogP contribution in [0.1, 0.15) is 10.4 Å². The van der Waals surface area contributed by atoms with Crippen LogP contribution in [0.4, 0.5) is 39.1 Å². The zero-order valence-corrected chi connectivity index (χ0v) is 22.7. The molecular weight excluding hydrogens is 605 g/mol. The molecule has 43 heavy (non-hydrogen) atoms. The van der Waals surface area contributed by atoms with Gasteiger partial charge in [-0.1, -0.05) is 16.7 Å². The van der Waals surface area contributed by atoms with E-state index in [0.717, 1.165) is 6.07 Å². The number of amides is 1. The lowest BCUT2D eigenvalue weighted by molar-refractivity contribution is 0.0856. The zero-order valence-electron chi connectivity index (χ0n) is 21.9. The molecule has 0 unspecified atom stereocenters. The number of carbonyl (C=O) groups is 1. The predicted octanol–water partition coefficient (Wildman–Crippen LogP) is 6.50. The molecule has 0 fully saturated rings. The van der Waals surface area contributed by atoms with Gasteiger partial charge in [0.1, 0.15) is 35.8 Å². The lowest BCUT2D eigenvalue weighted by Gasteiger charge is -2.14. The summed E-state index contributed by atoms with van der Waals surface area (Å²) in [5, 5.41) is 8.27. The number of nitrogens with zero attached hydrogens (tertiary/aromatic N) is 5. The van der Waals surface area contributed by atoms with Crippen LogP contribution in [0.25, 0.3) is 21.3 Å². The van der Waals surface area contributed by atoms with E-state index in [1.54, 1.807) is 12.1 Å². The van der Waals surface area contributed by atoms with Crippen molar-refractivity contribution >= 4 is 45.6 Å². The number of methoxy groups -OCH3 is 1. The summed E-state index contributed by atoms with van der Waals surface area (Å²) in [5.41, 5.74) is 5.84. The molecule has 0 bridgehead atoms. The number of carbonyl (C=O) groups excluding carboxylic acids is 1. The second kappa shape index (κ2) is 13.8. The quantitative estimate of drug-likeness (QED) is 0.0458. The molecule has 4 rings (SSSR count). The number of hydrogen-bond donors (Lipinski definition) is 2. The third-order valence-corrected chi connectivity index (χ3v) is 5.97. The fourth-order valence-electron chi connectivity index (χ4n) is 3.74. The SMILES string of the molecule is COc1cc2c(Nc3ccc(Cl)cc3F)ncnc2cc1OCCOCCNC(=O)c1c(F)c(F)c(N=[N+]=[N-])c(F)c1F. The zero-order chi connectivity index (χ0) is 31.1. The molecule has 0 aliphatic rings. The van der Waals surface area contributed by atoms with Gasteiger partial charge in [-0.05, 0) is 29.8 Å². The van der Waals surface area contributed by atoms with Crippen LogP contribution >= 0.6 is 11.6 Å². The van der Waals surface area contributed by atoms with Crippen LogP contribution < -0.4 is 20.1 Å². The van der Waals surface area contributed by atoms with E-state index in [0.29, 0.717) is 28.2 Å². The monoisotopic (exact) mass is 623 g/mol. The van der Waals surface area contributed by atoms with Gasteiger partial charge in [-0.2, -0.15) is 0 Å².